The molecule has 0 aliphatic heterocycles. The van der Waals surface area contributed by atoms with E-state index < -0.39 is 34.8 Å². The van der Waals surface area contributed by atoms with Crippen LogP contribution in [-0.2, 0) is 9.53 Å². The van der Waals surface area contributed by atoms with Crippen LogP contribution in [0.3, 0.4) is 0 Å². The van der Waals surface area contributed by atoms with Gasteiger partial charge in [-0.25, -0.2) is 9.59 Å². The first-order valence-corrected chi connectivity index (χ1v) is 7.29. The molecule has 20 heavy (non-hydrogen) atoms. The van der Waals surface area contributed by atoms with Crippen LogP contribution in [0.4, 0.5) is 13.6 Å². The van der Waals surface area contributed by atoms with Gasteiger partial charge < -0.3 is 15.2 Å². The fourth-order valence-corrected chi connectivity index (χ4v) is 2.03. The molecule has 2 N–H and O–H groups in total. The molecule has 0 unspecified atom stereocenters. The van der Waals surface area contributed by atoms with Crippen molar-refractivity contribution in [2.24, 2.45) is 0 Å². The number of halogens is 3. The van der Waals surface area contributed by atoms with Gasteiger partial charge in [-0.05, 0) is 27.2 Å². The summed E-state index contributed by atoms with van der Waals surface area (Å²) in [5.74, 6) is -2.33. The van der Waals surface area contributed by atoms with Crippen molar-refractivity contribution < 1.29 is 28.2 Å². The van der Waals surface area contributed by atoms with Gasteiger partial charge in [-0.2, -0.15) is 8.78 Å². The van der Waals surface area contributed by atoms with Crippen molar-refractivity contribution in [1.82, 2.24) is 5.32 Å². The van der Waals surface area contributed by atoms with Crippen LogP contribution >= 0.6 is 23.4 Å². The third-order valence-electron chi connectivity index (χ3n) is 1.86. The number of carboxylic acids is 1. The molecule has 0 aromatic rings. The van der Waals surface area contributed by atoms with Crippen molar-refractivity contribution >= 4 is 35.4 Å². The average molecular weight is 334 g/mol. The standard InChI is InChI=1S/C11H18ClF2NO4S/c1-10(2,3)19-9(18)15-7(8(16)17)4-5-20-11(13,14)6-12/h7H,4-6H2,1-3H3,(H,15,18)(H,16,17)/t7-/m0/s1. The van der Waals surface area contributed by atoms with Crippen LogP contribution in [0.25, 0.3) is 0 Å². The molecule has 0 fully saturated rings. The number of amides is 1. The smallest absolute Gasteiger partial charge is 0.408 e. The molecule has 118 valence electrons. The third-order valence-corrected chi connectivity index (χ3v) is 3.37. The molecule has 0 aromatic heterocycles. The first kappa shape index (κ1) is 19.2. The lowest BCUT2D eigenvalue weighted by molar-refractivity contribution is -0.139. The largest absolute Gasteiger partial charge is 0.480 e. The molecule has 0 spiro atoms. The number of hydrogen-bond acceptors (Lipinski definition) is 4. The van der Waals surface area contributed by atoms with E-state index in [0.717, 1.165) is 0 Å². The van der Waals surface area contributed by atoms with Crippen molar-refractivity contribution in [3.63, 3.8) is 0 Å². The minimum Gasteiger partial charge on any atom is -0.480 e. The number of carboxylic acid groups (broad SMARTS) is 1. The summed E-state index contributed by atoms with van der Waals surface area (Å²) < 4.78 is 30.6. The fourth-order valence-electron chi connectivity index (χ4n) is 1.07. The second-order valence-corrected chi connectivity index (χ2v) is 6.51. The molecule has 0 aromatic carbocycles. The van der Waals surface area contributed by atoms with E-state index in [1.807, 2.05) is 0 Å². The minimum absolute atomic E-state index is 0.160. The van der Waals surface area contributed by atoms with E-state index in [2.05, 4.69) is 5.32 Å². The Balaban J connectivity index is 4.32. The van der Waals surface area contributed by atoms with E-state index in [1.165, 1.54) is 0 Å². The number of nitrogens with one attached hydrogen (secondary N) is 1. The quantitative estimate of drug-likeness (QED) is 0.701. The zero-order valence-corrected chi connectivity index (χ0v) is 13.0. The van der Waals surface area contributed by atoms with Crippen LogP contribution in [0.5, 0.6) is 0 Å². The van der Waals surface area contributed by atoms with Crippen LogP contribution < -0.4 is 5.32 Å². The van der Waals surface area contributed by atoms with Crippen LogP contribution in [0.2, 0.25) is 0 Å². The van der Waals surface area contributed by atoms with Gasteiger partial charge in [0.05, 0.1) is 5.88 Å². The van der Waals surface area contributed by atoms with Crippen molar-refractivity contribution in [2.45, 2.75) is 44.1 Å². The molecule has 0 saturated carbocycles. The fraction of sp³-hybridized carbons (Fsp3) is 0.818. The highest BCUT2D eigenvalue weighted by Crippen LogP contribution is 2.30. The maximum Gasteiger partial charge on any atom is 0.408 e. The summed E-state index contributed by atoms with van der Waals surface area (Å²) >= 11 is 5.30. The molecule has 0 rings (SSSR count). The predicted molar refractivity (Wildman–Crippen MR) is 73.5 cm³/mol. The number of thioether (sulfide) groups is 1. The lowest BCUT2D eigenvalue weighted by Gasteiger charge is -2.22. The average Bonchev–Trinajstić information content (AvgIpc) is 2.24. The predicted octanol–water partition coefficient (Wildman–Crippen LogP) is 2.92. The van der Waals surface area contributed by atoms with Gasteiger partial charge in [0.25, 0.3) is 0 Å². The molecular weight excluding hydrogens is 316 g/mol. The molecular formula is C11H18ClF2NO4S. The Morgan fingerprint density at radius 3 is 2.35 bits per heavy atom. The zero-order valence-electron chi connectivity index (χ0n) is 11.4. The van der Waals surface area contributed by atoms with E-state index in [0.29, 0.717) is 0 Å². The molecule has 0 aliphatic carbocycles. The van der Waals surface area contributed by atoms with E-state index >= 15 is 0 Å². The molecule has 0 radical (unpaired) electrons. The van der Waals surface area contributed by atoms with Crippen molar-refractivity contribution in [3.8, 4) is 0 Å². The molecule has 1 atom stereocenters. The van der Waals surface area contributed by atoms with Gasteiger partial charge in [-0.1, -0.05) is 11.8 Å². The number of rotatable bonds is 7. The van der Waals surface area contributed by atoms with E-state index in [4.69, 9.17) is 21.4 Å². The monoisotopic (exact) mass is 333 g/mol. The van der Waals surface area contributed by atoms with Gasteiger partial charge in [-0.3, -0.25) is 0 Å². The Kier molecular flexibility index (Phi) is 7.57. The van der Waals surface area contributed by atoms with E-state index in [1.54, 1.807) is 20.8 Å². The summed E-state index contributed by atoms with van der Waals surface area (Å²) in [6.07, 6.45) is -1.06. The van der Waals surface area contributed by atoms with E-state index in [-0.39, 0.29) is 23.9 Å². The number of alkyl halides is 3. The van der Waals surface area contributed by atoms with E-state index in [9.17, 15) is 18.4 Å². The lowest BCUT2D eigenvalue weighted by atomic mass is 10.2. The third kappa shape index (κ3) is 9.19. The summed E-state index contributed by atoms with van der Waals surface area (Å²) in [5, 5.41) is 7.92. The Morgan fingerprint density at radius 2 is 1.95 bits per heavy atom. The van der Waals surface area contributed by atoms with Crippen molar-refractivity contribution in [1.29, 1.82) is 0 Å². The second kappa shape index (κ2) is 7.87. The number of carbonyl (C=O) groups is 2. The molecule has 1 amide bonds. The maximum absolute atomic E-state index is 12.9. The van der Waals surface area contributed by atoms with Gasteiger partial charge in [0.2, 0.25) is 0 Å². The molecule has 5 nitrogen and oxygen atoms in total. The molecule has 0 heterocycles. The van der Waals surface area contributed by atoms with Crippen molar-refractivity contribution in [2.75, 3.05) is 11.6 Å². The first-order valence-electron chi connectivity index (χ1n) is 5.77. The summed E-state index contributed by atoms with van der Waals surface area (Å²) in [6.45, 7) is 4.87. The number of alkyl carbamates (subject to hydrolysis) is 1. The highest BCUT2D eigenvalue weighted by atomic mass is 35.5. The lowest BCUT2D eigenvalue weighted by Crippen LogP contribution is -2.43. The second-order valence-electron chi connectivity index (χ2n) is 4.95. The highest BCUT2D eigenvalue weighted by molar-refractivity contribution is 8.00. The Labute approximate surface area is 125 Å². The van der Waals surface area contributed by atoms with Gasteiger partial charge in [0, 0.05) is 5.75 Å². The molecule has 0 bridgehead atoms. The van der Waals surface area contributed by atoms with Crippen LogP contribution in [0, 0.1) is 0 Å². The Morgan fingerprint density at radius 1 is 1.40 bits per heavy atom. The highest BCUT2D eigenvalue weighted by Gasteiger charge is 2.30. The minimum atomic E-state index is -3.11. The number of ether oxygens (including phenoxy) is 1. The van der Waals surface area contributed by atoms with Gasteiger partial charge in [0.1, 0.15) is 11.6 Å². The zero-order chi connectivity index (χ0) is 16.0. The van der Waals surface area contributed by atoms with Crippen LogP contribution in [0.1, 0.15) is 27.2 Å². The normalized spacial score (nSPS) is 13.7. The molecule has 0 saturated heterocycles. The SMILES string of the molecule is CC(C)(C)OC(=O)N[C@@H](CCSC(F)(F)CCl)C(=O)O. The number of hydrogen-bond donors (Lipinski definition) is 2. The Bertz CT molecular complexity index is 350. The summed E-state index contributed by atoms with van der Waals surface area (Å²) in [5.41, 5.74) is -0.770. The first-order chi connectivity index (χ1) is 8.97. The van der Waals surface area contributed by atoms with Gasteiger partial charge >= 0.3 is 17.3 Å². The summed E-state index contributed by atoms with van der Waals surface area (Å²) in [6, 6.07) is -1.29. The van der Waals surface area contributed by atoms with Crippen LogP contribution in [0.15, 0.2) is 0 Å². The van der Waals surface area contributed by atoms with Gasteiger partial charge in [0.15, 0.2) is 0 Å². The summed E-state index contributed by atoms with van der Waals surface area (Å²) in [4.78, 5) is 22.3. The number of carbonyl (C=O) groups excluding carboxylic acids is 1. The van der Waals surface area contributed by atoms with Crippen LogP contribution in [-0.4, -0.2) is 45.7 Å². The van der Waals surface area contributed by atoms with Gasteiger partial charge in [-0.15, -0.1) is 11.6 Å². The molecule has 0 aliphatic rings. The maximum atomic E-state index is 12.9. The van der Waals surface area contributed by atoms with Crippen molar-refractivity contribution in [3.05, 3.63) is 0 Å². The summed E-state index contributed by atoms with van der Waals surface area (Å²) in [7, 11) is 0. The topological polar surface area (TPSA) is 75.6 Å². The number of aliphatic carboxylic acids is 1. The Hall–Kier alpha value is -0.760. The molecule has 9 heteroatoms.